The van der Waals surface area contributed by atoms with Crippen LogP contribution in [-0.4, -0.2) is 20.4 Å². The van der Waals surface area contributed by atoms with Gasteiger partial charge in [0, 0.05) is 5.56 Å². The molecule has 0 saturated heterocycles. The van der Waals surface area contributed by atoms with Crippen molar-refractivity contribution in [3.63, 3.8) is 0 Å². The van der Waals surface area contributed by atoms with E-state index in [0.29, 0.717) is 17.0 Å². The molecule has 0 bridgehead atoms. The molecule has 1 aromatic carbocycles. The third-order valence-corrected chi connectivity index (χ3v) is 3.40. The first kappa shape index (κ1) is 13.1. The Morgan fingerprint density at radius 1 is 1.05 bits per heavy atom. The third-order valence-electron chi connectivity index (χ3n) is 3.40. The van der Waals surface area contributed by atoms with Crippen molar-refractivity contribution in [2.45, 2.75) is 13.8 Å². The van der Waals surface area contributed by atoms with Crippen LogP contribution >= 0.6 is 0 Å². The predicted octanol–water partition coefficient (Wildman–Crippen LogP) is 2.03. The first-order chi connectivity index (χ1) is 10.1. The molecule has 2 heterocycles. The predicted molar refractivity (Wildman–Crippen MR) is 81.8 cm³/mol. The molecule has 2 aromatic heterocycles. The molecule has 0 fully saturated rings. The maximum atomic E-state index is 11.6. The maximum Gasteiger partial charge on any atom is 0.287 e. The molecule has 0 atom stereocenters. The van der Waals surface area contributed by atoms with E-state index in [1.165, 1.54) is 5.56 Å². The molecule has 0 aliphatic heterocycles. The fourth-order valence-corrected chi connectivity index (χ4v) is 2.22. The summed E-state index contributed by atoms with van der Waals surface area (Å²) in [6, 6.07) is 9.92. The third kappa shape index (κ3) is 2.31. The quantitative estimate of drug-likeness (QED) is 0.669. The molecular formula is C15H15N5O. The number of aryl methyl sites for hydroxylation is 2. The molecule has 0 aliphatic rings. The van der Waals surface area contributed by atoms with E-state index >= 15 is 0 Å². The fraction of sp³-hybridized carbons (Fsp3) is 0.133. The van der Waals surface area contributed by atoms with Gasteiger partial charge >= 0.3 is 0 Å². The van der Waals surface area contributed by atoms with Crippen molar-refractivity contribution in [2.24, 2.45) is 0 Å². The SMILES string of the molecule is Cc1ccc(-c2cc(-c3c(C)n[nH]c(=O)c3N)[nH]n2)cc1. The molecular weight excluding hydrogens is 266 g/mol. The van der Waals surface area contributed by atoms with Gasteiger partial charge < -0.3 is 5.73 Å². The molecule has 106 valence electrons. The minimum atomic E-state index is -0.401. The summed E-state index contributed by atoms with van der Waals surface area (Å²) in [5, 5.41) is 13.5. The summed E-state index contributed by atoms with van der Waals surface area (Å²) in [6.07, 6.45) is 0. The highest BCUT2D eigenvalue weighted by Crippen LogP contribution is 2.27. The van der Waals surface area contributed by atoms with Crippen molar-refractivity contribution >= 4 is 5.69 Å². The number of rotatable bonds is 2. The highest BCUT2D eigenvalue weighted by Gasteiger charge is 2.14. The van der Waals surface area contributed by atoms with Crippen molar-refractivity contribution in [1.82, 2.24) is 20.4 Å². The highest BCUT2D eigenvalue weighted by atomic mass is 16.1. The van der Waals surface area contributed by atoms with E-state index in [4.69, 9.17) is 5.73 Å². The van der Waals surface area contributed by atoms with E-state index < -0.39 is 5.56 Å². The molecule has 3 aromatic rings. The Bertz CT molecular complexity index is 845. The summed E-state index contributed by atoms with van der Waals surface area (Å²) in [5.74, 6) is 0. The van der Waals surface area contributed by atoms with Gasteiger partial charge in [-0.3, -0.25) is 9.89 Å². The van der Waals surface area contributed by atoms with Gasteiger partial charge in [-0.05, 0) is 19.9 Å². The number of nitrogens with two attached hydrogens (primary N) is 1. The number of hydrogen-bond donors (Lipinski definition) is 3. The van der Waals surface area contributed by atoms with Crippen molar-refractivity contribution in [2.75, 3.05) is 5.73 Å². The lowest BCUT2D eigenvalue weighted by Crippen LogP contribution is -2.16. The molecule has 6 nitrogen and oxygen atoms in total. The van der Waals surface area contributed by atoms with E-state index in [1.54, 1.807) is 6.92 Å². The van der Waals surface area contributed by atoms with E-state index in [-0.39, 0.29) is 5.69 Å². The zero-order chi connectivity index (χ0) is 15.0. The van der Waals surface area contributed by atoms with Crippen LogP contribution in [0.5, 0.6) is 0 Å². The molecule has 0 aliphatic carbocycles. The Hall–Kier alpha value is -2.89. The van der Waals surface area contributed by atoms with Gasteiger partial charge in [0.25, 0.3) is 5.56 Å². The largest absolute Gasteiger partial charge is 0.394 e. The molecule has 4 N–H and O–H groups in total. The summed E-state index contributed by atoms with van der Waals surface area (Å²) in [7, 11) is 0. The second-order valence-electron chi connectivity index (χ2n) is 4.96. The number of H-pyrrole nitrogens is 2. The Labute approximate surface area is 121 Å². The average molecular weight is 281 g/mol. The zero-order valence-electron chi connectivity index (χ0n) is 11.8. The molecule has 3 rings (SSSR count). The van der Waals surface area contributed by atoms with Gasteiger partial charge in [0.05, 0.1) is 22.6 Å². The van der Waals surface area contributed by atoms with Crippen LogP contribution in [0.2, 0.25) is 0 Å². The van der Waals surface area contributed by atoms with Crippen LogP contribution in [0, 0.1) is 13.8 Å². The van der Waals surface area contributed by atoms with E-state index in [0.717, 1.165) is 11.3 Å². The van der Waals surface area contributed by atoms with Crippen LogP contribution in [-0.2, 0) is 0 Å². The smallest absolute Gasteiger partial charge is 0.287 e. The standard InChI is InChI=1S/C15H15N5O/c1-8-3-5-10(6-4-8)11-7-12(19-18-11)13-9(2)17-20-15(21)14(13)16/h3-7H,1-2H3,(H2,16,17)(H,18,19)(H,20,21). The highest BCUT2D eigenvalue weighted by molar-refractivity contribution is 5.77. The Kier molecular flexibility index (Phi) is 3.06. The van der Waals surface area contributed by atoms with Crippen LogP contribution in [0.3, 0.4) is 0 Å². The Morgan fingerprint density at radius 2 is 1.76 bits per heavy atom. The lowest BCUT2D eigenvalue weighted by atomic mass is 10.1. The summed E-state index contributed by atoms with van der Waals surface area (Å²) in [5.41, 5.74) is 10.5. The van der Waals surface area contributed by atoms with Crippen LogP contribution in [0.25, 0.3) is 22.5 Å². The van der Waals surface area contributed by atoms with Gasteiger partial charge in [0.15, 0.2) is 0 Å². The van der Waals surface area contributed by atoms with Crippen LogP contribution in [0.1, 0.15) is 11.3 Å². The minimum absolute atomic E-state index is 0.140. The van der Waals surface area contributed by atoms with Crippen molar-refractivity contribution in [1.29, 1.82) is 0 Å². The van der Waals surface area contributed by atoms with Crippen LogP contribution in [0.4, 0.5) is 5.69 Å². The number of nitrogens with zero attached hydrogens (tertiary/aromatic N) is 2. The van der Waals surface area contributed by atoms with Gasteiger partial charge in [-0.15, -0.1) is 0 Å². The molecule has 0 amide bonds. The van der Waals surface area contributed by atoms with Crippen LogP contribution in [0.15, 0.2) is 35.1 Å². The monoisotopic (exact) mass is 281 g/mol. The maximum absolute atomic E-state index is 11.6. The van der Waals surface area contributed by atoms with Crippen LogP contribution < -0.4 is 11.3 Å². The number of hydrogen-bond acceptors (Lipinski definition) is 4. The summed E-state index contributed by atoms with van der Waals surface area (Å²) < 4.78 is 0. The number of nitrogens with one attached hydrogen (secondary N) is 2. The Balaban J connectivity index is 2.09. The summed E-state index contributed by atoms with van der Waals surface area (Å²) in [6.45, 7) is 3.82. The molecule has 21 heavy (non-hydrogen) atoms. The van der Waals surface area contributed by atoms with E-state index in [2.05, 4.69) is 20.4 Å². The topological polar surface area (TPSA) is 100 Å². The van der Waals surface area contributed by atoms with Gasteiger partial charge in [0.2, 0.25) is 0 Å². The lowest BCUT2D eigenvalue weighted by Gasteiger charge is -2.04. The molecule has 0 saturated carbocycles. The fourth-order valence-electron chi connectivity index (χ4n) is 2.22. The van der Waals surface area contributed by atoms with Crippen molar-refractivity contribution < 1.29 is 0 Å². The summed E-state index contributed by atoms with van der Waals surface area (Å²) >= 11 is 0. The number of aromatic amines is 2. The summed E-state index contributed by atoms with van der Waals surface area (Å²) in [4.78, 5) is 11.6. The molecule has 0 unspecified atom stereocenters. The van der Waals surface area contributed by atoms with Gasteiger partial charge in [-0.1, -0.05) is 29.8 Å². The molecule has 6 heteroatoms. The normalized spacial score (nSPS) is 10.8. The number of nitrogen functional groups attached to an aromatic ring is 1. The van der Waals surface area contributed by atoms with Gasteiger partial charge in [0.1, 0.15) is 5.69 Å². The number of aromatic nitrogens is 4. The first-order valence-corrected chi connectivity index (χ1v) is 6.54. The number of benzene rings is 1. The lowest BCUT2D eigenvalue weighted by molar-refractivity contribution is 0.949. The molecule has 0 radical (unpaired) electrons. The van der Waals surface area contributed by atoms with Gasteiger partial charge in [-0.2, -0.15) is 10.2 Å². The van der Waals surface area contributed by atoms with E-state index in [9.17, 15) is 4.79 Å². The zero-order valence-corrected chi connectivity index (χ0v) is 11.8. The van der Waals surface area contributed by atoms with Crippen molar-refractivity contribution in [3.05, 3.63) is 51.9 Å². The van der Waals surface area contributed by atoms with Gasteiger partial charge in [-0.25, -0.2) is 5.10 Å². The average Bonchev–Trinajstić information content (AvgIpc) is 2.94. The second kappa shape index (κ2) is 4.90. The second-order valence-corrected chi connectivity index (χ2v) is 4.96. The minimum Gasteiger partial charge on any atom is -0.394 e. The van der Waals surface area contributed by atoms with E-state index in [1.807, 2.05) is 37.3 Å². The van der Waals surface area contributed by atoms with Crippen molar-refractivity contribution in [3.8, 4) is 22.5 Å². The molecule has 0 spiro atoms. The number of anilines is 1. The first-order valence-electron chi connectivity index (χ1n) is 6.54. The Morgan fingerprint density at radius 3 is 2.48 bits per heavy atom.